The van der Waals surface area contributed by atoms with Crippen LogP contribution in [-0.2, 0) is 31.9 Å². The fraction of sp³-hybridized carbons (Fsp3) is 0.207. The molecule has 368 valence electrons. The van der Waals surface area contributed by atoms with Gasteiger partial charge in [-0.1, -0.05) is 84.9 Å². The van der Waals surface area contributed by atoms with E-state index in [1.807, 2.05) is 109 Å². The van der Waals surface area contributed by atoms with Crippen LogP contribution in [0.2, 0.25) is 0 Å². The van der Waals surface area contributed by atoms with Gasteiger partial charge in [-0.15, -0.1) is 0 Å². The molecule has 0 spiro atoms. The Labute approximate surface area is 415 Å². The molecule has 0 aliphatic heterocycles. The number of carbonyl (C=O) groups excluding carboxylic acids is 2. The van der Waals surface area contributed by atoms with Crippen LogP contribution in [0.4, 0.5) is 0 Å². The Balaban J connectivity index is 0.923. The molecule has 2 unspecified atom stereocenters. The third-order valence-electron chi connectivity index (χ3n) is 11.6. The van der Waals surface area contributed by atoms with E-state index in [0.717, 1.165) is 45.9 Å². The quantitative estimate of drug-likeness (QED) is 0.0334. The van der Waals surface area contributed by atoms with Gasteiger partial charge in [0, 0.05) is 60.6 Å². The van der Waals surface area contributed by atoms with Crippen molar-refractivity contribution >= 4 is 33.9 Å². The lowest BCUT2D eigenvalue weighted by molar-refractivity contribution is -0.147. The molecule has 8 aromatic rings. The van der Waals surface area contributed by atoms with Crippen molar-refractivity contribution in [1.82, 2.24) is 10.6 Å². The molecule has 2 heterocycles. The largest absolute Gasteiger partial charge is 0.497 e. The van der Waals surface area contributed by atoms with E-state index in [0.29, 0.717) is 70.9 Å². The van der Waals surface area contributed by atoms with Crippen molar-refractivity contribution in [2.24, 2.45) is 0 Å². The summed E-state index contributed by atoms with van der Waals surface area (Å²) in [5, 5.41) is 7.45. The number of fused-ring (bicyclic) bond motifs is 2. The fourth-order valence-corrected chi connectivity index (χ4v) is 7.71. The van der Waals surface area contributed by atoms with Crippen molar-refractivity contribution in [1.29, 1.82) is 0 Å². The molecule has 72 heavy (non-hydrogen) atoms. The molecule has 0 saturated heterocycles. The van der Waals surface area contributed by atoms with Gasteiger partial charge in [0.2, 0.25) is 0 Å². The van der Waals surface area contributed by atoms with E-state index < -0.39 is 24.1 Å². The third-order valence-corrected chi connectivity index (χ3v) is 11.6. The van der Waals surface area contributed by atoms with E-state index in [1.54, 1.807) is 50.6 Å². The molecule has 2 N–H and O–H groups in total. The molecule has 0 aliphatic rings. The summed E-state index contributed by atoms with van der Waals surface area (Å²) in [4.78, 5) is 52.7. The molecule has 0 amide bonds. The number of rotatable bonds is 24. The topological polar surface area (TPSA) is 174 Å². The molecule has 14 nitrogen and oxygen atoms in total. The SMILES string of the molecule is COc1ccc(CCNCC(COc2ccc3c(=O)cc(-c4ccccc4)oc3c2)OC(=O)/C=C\C(=O)OC(CNCCc2ccc(OC)cc2)COc2ccc3c(=O)cc(-c4ccccc4)oc3c2)cc1. The van der Waals surface area contributed by atoms with Crippen LogP contribution in [0.5, 0.6) is 23.0 Å². The molecule has 2 atom stereocenters. The standard InChI is InChI=1S/C58H54N2O12/c1-65-43-17-13-39(14-18-43)27-29-59-35-47(37-67-45-21-23-49-51(61)33-53(71-55(49)31-45)41-9-5-3-6-10-41)69-57(63)25-26-58(64)70-48(36-60-30-28-40-15-19-44(66-2)20-16-40)38-68-46-22-24-50-52(62)34-54(72-56(50)32-46)42-11-7-4-8-12-42/h3-26,31-34,47-48,59-60H,27-30,35-38H2,1-2H3/b26-25-. The summed E-state index contributed by atoms with van der Waals surface area (Å²) in [6, 6.07) is 46.9. The molecule has 2 aromatic heterocycles. The summed E-state index contributed by atoms with van der Waals surface area (Å²) in [6.07, 6.45) is 1.79. The normalized spacial score (nSPS) is 12.1. The lowest BCUT2D eigenvalue weighted by Crippen LogP contribution is -2.36. The van der Waals surface area contributed by atoms with Crippen LogP contribution in [0.1, 0.15) is 11.1 Å². The zero-order valence-electron chi connectivity index (χ0n) is 39.9. The van der Waals surface area contributed by atoms with Gasteiger partial charge in [-0.2, -0.15) is 0 Å². The highest BCUT2D eigenvalue weighted by Crippen LogP contribution is 2.27. The number of hydrogen-bond donors (Lipinski definition) is 2. The summed E-state index contributed by atoms with van der Waals surface area (Å²) in [5.41, 5.74) is 3.96. The molecular formula is C58H54N2O12. The van der Waals surface area contributed by atoms with Gasteiger partial charge in [0.25, 0.3) is 0 Å². The minimum Gasteiger partial charge on any atom is -0.497 e. The second-order valence-corrected chi connectivity index (χ2v) is 16.7. The van der Waals surface area contributed by atoms with Gasteiger partial charge < -0.3 is 47.9 Å². The van der Waals surface area contributed by atoms with Gasteiger partial charge in [-0.3, -0.25) is 9.59 Å². The Kier molecular flexibility index (Phi) is 17.3. The van der Waals surface area contributed by atoms with Gasteiger partial charge in [-0.25, -0.2) is 9.59 Å². The van der Waals surface area contributed by atoms with Gasteiger partial charge in [0.05, 0.1) is 25.0 Å². The molecule has 0 aliphatic carbocycles. The van der Waals surface area contributed by atoms with Gasteiger partial charge in [0.15, 0.2) is 10.9 Å². The summed E-state index contributed by atoms with van der Waals surface area (Å²) in [7, 11) is 3.23. The molecule has 14 heteroatoms. The molecule has 6 aromatic carbocycles. The van der Waals surface area contributed by atoms with E-state index >= 15 is 0 Å². The molecule has 0 saturated carbocycles. The van der Waals surface area contributed by atoms with Crippen LogP contribution >= 0.6 is 0 Å². The van der Waals surface area contributed by atoms with Gasteiger partial charge >= 0.3 is 11.9 Å². The van der Waals surface area contributed by atoms with E-state index in [4.69, 9.17) is 37.3 Å². The summed E-state index contributed by atoms with van der Waals surface area (Å²) in [5.74, 6) is 1.55. The number of benzene rings is 6. The van der Waals surface area contributed by atoms with E-state index in [-0.39, 0.29) is 37.2 Å². The smallest absolute Gasteiger partial charge is 0.331 e. The minimum atomic E-state index is -0.807. The first-order chi connectivity index (χ1) is 35.2. The predicted molar refractivity (Wildman–Crippen MR) is 275 cm³/mol. The second kappa shape index (κ2) is 24.9. The monoisotopic (exact) mass is 970 g/mol. The number of nitrogens with one attached hydrogen (secondary N) is 2. The Bertz CT molecular complexity index is 2990. The van der Waals surface area contributed by atoms with Crippen LogP contribution in [-0.4, -0.2) is 77.8 Å². The molecular weight excluding hydrogens is 917 g/mol. The van der Waals surface area contributed by atoms with Crippen LogP contribution in [0.25, 0.3) is 44.6 Å². The Morgan fingerprint density at radius 2 is 0.889 bits per heavy atom. The first-order valence-electron chi connectivity index (χ1n) is 23.5. The van der Waals surface area contributed by atoms with Crippen molar-refractivity contribution in [2.45, 2.75) is 25.0 Å². The number of hydrogen-bond acceptors (Lipinski definition) is 14. The van der Waals surface area contributed by atoms with Crippen LogP contribution in [0.3, 0.4) is 0 Å². The fourth-order valence-electron chi connectivity index (χ4n) is 7.71. The van der Waals surface area contributed by atoms with Crippen molar-refractivity contribution in [2.75, 3.05) is 53.6 Å². The highest BCUT2D eigenvalue weighted by molar-refractivity contribution is 5.92. The predicted octanol–water partition coefficient (Wildman–Crippen LogP) is 8.75. The Morgan fingerprint density at radius 3 is 1.28 bits per heavy atom. The molecule has 0 fully saturated rings. The molecule has 0 radical (unpaired) electrons. The van der Waals surface area contributed by atoms with E-state index in [2.05, 4.69) is 10.6 Å². The van der Waals surface area contributed by atoms with Crippen molar-refractivity contribution in [3.05, 3.63) is 201 Å². The zero-order valence-corrected chi connectivity index (χ0v) is 39.9. The first kappa shape index (κ1) is 49.9. The minimum absolute atomic E-state index is 0.0684. The van der Waals surface area contributed by atoms with Crippen molar-refractivity contribution in [3.63, 3.8) is 0 Å². The maximum atomic E-state index is 13.4. The second-order valence-electron chi connectivity index (χ2n) is 16.7. The lowest BCUT2D eigenvalue weighted by atomic mass is 10.1. The lowest BCUT2D eigenvalue weighted by Gasteiger charge is -2.19. The zero-order chi connectivity index (χ0) is 50.1. The van der Waals surface area contributed by atoms with Crippen molar-refractivity contribution < 1.29 is 46.8 Å². The van der Waals surface area contributed by atoms with Gasteiger partial charge in [-0.05, 0) is 85.6 Å². The number of ether oxygens (including phenoxy) is 6. The number of methoxy groups -OCH3 is 2. The highest BCUT2D eigenvalue weighted by atomic mass is 16.6. The average molecular weight is 971 g/mol. The maximum Gasteiger partial charge on any atom is 0.331 e. The number of carbonyl (C=O) groups is 2. The third kappa shape index (κ3) is 14.1. The van der Waals surface area contributed by atoms with Crippen LogP contribution in [0, 0.1) is 0 Å². The van der Waals surface area contributed by atoms with E-state index in [1.165, 1.54) is 12.1 Å². The first-order valence-corrected chi connectivity index (χ1v) is 23.5. The van der Waals surface area contributed by atoms with Crippen LogP contribution < -0.4 is 40.4 Å². The average Bonchev–Trinajstić information content (AvgIpc) is 3.41. The summed E-state index contributed by atoms with van der Waals surface area (Å²) >= 11 is 0. The van der Waals surface area contributed by atoms with Gasteiger partial charge in [0.1, 0.15) is 71.1 Å². The summed E-state index contributed by atoms with van der Waals surface area (Å²) < 4.78 is 46.7. The Morgan fingerprint density at radius 1 is 0.500 bits per heavy atom. The molecule has 0 bridgehead atoms. The van der Waals surface area contributed by atoms with E-state index in [9.17, 15) is 19.2 Å². The van der Waals surface area contributed by atoms with Crippen molar-refractivity contribution in [3.8, 4) is 45.6 Å². The Hall–Kier alpha value is -8.46. The number of esters is 2. The van der Waals surface area contributed by atoms with Crippen LogP contribution in [0.15, 0.2) is 188 Å². The maximum absolute atomic E-state index is 13.4. The molecule has 8 rings (SSSR count). The highest BCUT2D eigenvalue weighted by Gasteiger charge is 2.19. The summed E-state index contributed by atoms with van der Waals surface area (Å²) in [6.45, 7) is 1.42.